The summed E-state index contributed by atoms with van der Waals surface area (Å²) in [5.41, 5.74) is -2.15. The van der Waals surface area contributed by atoms with Crippen LogP contribution in [0.3, 0.4) is 0 Å². The number of sulfonamides is 1. The molecule has 0 saturated heterocycles. The highest BCUT2D eigenvalue weighted by Crippen LogP contribution is 2.36. The molecule has 0 saturated carbocycles. The number of rotatable bonds is 3. The van der Waals surface area contributed by atoms with Gasteiger partial charge in [0.05, 0.1) is 35.4 Å². The van der Waals surface area contributed by atoms with E-state index in [4.69, 9.17) is 5.26 Å². The Kier molecular flexibility index (Phi) is 3.61. The van der Waals surface area contributed by atoms with E-state index >= 15 is 0 Å². The number of nitrogens with zero attached hydrogens (tertiary/aromatic N) is 2. The van der Waals surface area contributed by atoms with Crippen LogP contribution in [-0.4, -0.2) is 18.4 Å². The molecule has 21 heavy (non-hydrogen) atoms. The minimum atomic E-state index is -4.81. The van der Waals surface area contributed by atoms with Crippen molar-refractivity contribution in [1.82, 2.24) is 9.97 Å². The first-order chi connectivity index (χ1) is 9.74. The molecular weight excluding hydrogens is 309 g/mol. The first-order valence-corrected chi connectivity index (χ1v) is 6.85. The zero-order chi connectivity index (χ0) is 15.7. The average molecular weight is 316 g/mol. The highest BCUT2D eigenvalue weighted by Gasteiger charge is 2.35. The van der Waals surface area contributed by atoms with E-state index in [0.29, 0.717) is 6.07 Å². The van der Waals surface area contributed by atoms with Gasteiger partial charge in [0.2, 0.25) is 0 Å². The molecule has 1 heterocycles. The van der Waals surface area contributed by atoms with Gasteiger partial charge in [0, 0.05) is 0 Å². The molecule has 0 atom stereocenters. The van der Waals surface area contributed by atoms with E-state index < -0.39 is 27.5 Å². The second-order valence-corrected chi connectivity index (χ2v) is 5.54. The van der Waals surface area contributed by atoms with Crippen LogP contribution in [0, 0.1) is 11.3 Å². The molecule has 0 radical (unpaired) electrons. The van der Waals surface area contributed by atoms with Crippen LogP contribution < -0.4 is 4.72 Å². The van der Waals surface area contributed by atoms with Gasteiger partial charge in [0.25, 0.3) is 10.0 Å². The summed E-state index contributed by atoms with van der Waals surface area (Å²) in [6.45, 7) is 0. The lowest BCUT2D eigenvalue weighted by Crippen LogP contribution is -2.17. The fourth-order valence-corrected chi connectivity index (χ4v) is 2.51. The van der Waals surface area contributed by atoms with Crippen molar-refractivity contribution in [2.45, 2.75) is 11.2 Å². The van der Waals surface area contributed by atoms with Crippen molar-refractivity contribution < 1.29 is 21.6 Å². The maximum atomic E-state index is 12.9. The molecule has 2 aromatic rings. The Morgan fingerprint density at radius 3 is 2.57 bits per heavy atom. The normalized spacial score (nSPS) is 11.9. The first kappa shape index (κ1) is 14.9. The third-order valence-corrected chi connectivity index (χ3v) is 3.75. The summed E-state index contributed by atoms with van der Waals surface area (Å²) < 4.78 is 64.3. The summed E-state index contributed by atoms with van der Waals surface area (Å²) in [5.74, 6) is 0. The fraction of sp³-hybridized carbons (Fsp3) is 0.0909. The summed E-state index contributed by atoms with van der Waals surface area (Å²) >= 11 is 0. The number of aromatic nitrogens is 2. The Morgan fingerprint density at radius 2 is 2.05 bits per heavy atom. The molecule has 10 heteroatoms. The van der Waals surface area contributed by atoms with Crippen LogP contribution in [0.2, 0.25) is 0 Å². The van der Waals surface area contributed by atoms with Gasteiger partial charge in [0.15, 0.2) is 5.03 Å². The number of nitrogens with one attached hydrogen (secondary N) is 2. The quantitative estimate of drug-likeness (QED) is 0.906. The zero-order valence-corrected chi connectivity index (χ0v) is 11.0. The van der Waals surface area contributed by atoms with E-state index in [-0.39, 0.29) is 10.6 Å². The summed E-state index contributed by atoms with van der Waals surface area (Å²) in [6.07, 6.45) is -2.77. The standard InChI is InChI=1S/C11H7F3N4O2S/c12-11(13,14)8-3-7(4-15)1-2-9(8)18-21(19,20)10-5-16-6-17-10/h1-3,5-6,18H,(H,16,17). The number of halogens is 3. The molecular formula is C11H7F3N4O2S. The molecule has 0 bridgehead atoms. The number of anilines is 1. The van der Waals surface area contributed by atoms with Gasteiger partial charge in [-0.1, -0.05) is 0 Å². The molecule has 6 nitrogen and oxygen atoms in total. The van der Waals surface area contributed by atoms with Crippen molar-refractivity contribution in [3.63, 3.8) is 0 Å². The molecule has 2 rings (SSSR count). The van der Waals surface area contributed by atoms with Crippen molar-refractivity contribution in [2.75, 3.05) is 4.72 Å². The van der Waals surface area contributed by atoms with E-state index in [2.05, 4.69) is 9.97 Å². The molecule has 0 aliphatic carbocycles. The number of H-pyrrole nitrogens is 1. The van der Waals surface area contributed by atoms with Gasteiger partial charge in [-0.25, -0.2) is 4.98 Å². The molecule has 1 aromatic heterocycles. The molecule has 2 N–H and O–H groups in total. The summed E-state index contributed by atoms with van der Waals surface area (Å²) in [5, 5.41) is 8.26. The maximum absolute atomic E-state index is 12.9. The van der Waals surface area contributed by atoms with Gasteiger partial charge < -0.3 is 4.98 Å². The average Bonchev–Trinajstić information content (AvgIpc) is 2.92. The van der Waals surface area contributed by atoms with Crippen molar-refractivity contribution in [2.24, 2.45) is 0 Å². The lowest BCUT2D eigenvalue weighted by molar-refractivity contribution is -0.136. The highest BCUT2D eigenvalue weighted by atomic mass is 32.2. The Morgan fingerprint density at radius 1 is 1.33 bits per heavy atom. The minimum Gasteiger partial charge on any atom is -0.334 e. The third kappa shape index (κ3) is 3.14. The predicted octanol–water partition coefficient (Wildman–Crippen LogP) is 2.10. The topological polar surface area (TPSA) is 98.6 Å². The van der Waals surface area contributed by atoms with E-state index in [0.717, 1.165) is 24.7 Å². The molecule has 0 aliphatic rings. The SMILES string of the molecule is N#Cc1ccc(NS(=O)(=O)c2cnc[nH]2)c(C(F)(F)F)c1. The second kappa shape index (κ2) is 5.10. The van der Waals surface area contributed by atoms with Crippen LogP contribution in [0.4, 0.5) is 18.9 Å². The molecule has 0 amide bonds. The minimum absolute atomic E-state index is 0.230. The predicted molar refractivity (Wildman–Crippen MR) is 65.6 cm³/mol. The number of alkyl halides is 3. The Bertz CT molecular complexity index is 792. The van der Waals surface area contributed by atoms with Crippen LogP contribution in [0.15, 0.2) is 35.7 Å². The molecule has 1 aromatic carbocycles. The van der Waals surface area contributed by atoms with Gasteiger partial charge in [0.1, 0.15) is 0 Å². The molecule has 110 valence electrons. The van der Waals surface area contributed by atoms with E-state index in [1.54, 1.807) is 6.07 Å². The van der Waals surface area contributed by atoms with Crippen molar-refractivity contribution in [3.05, 3.63) is 41.9 Å². The van der Waals surface area contributed by atoms with Crippen LogP contribution >= 0.6 is 0 Å². The summed E-state index contributed by atoms with van der Waals surface area (Å²) in [4.78, 5) is 5.77. The van der Waals surface area contributed by atoms with Gasteiger partial charge in [-0.2, -0.15) is 26.9 Å². The number of hydrogen-bond acceptors (Lipinski definition) is 4. The van der Waals surface area contributed by atoms with Crippen LogP contribution in [0.5, 0.6) is 0 Å². The van der Waals surface area contributed by atoms with Gasteiger partial charge >= 0.3 is 6.18 Å². The van der Waals surface area contributed by atoms with Crippen LogP contribution in [0.1, 0.15) is 11.1 Å². The maximum Gasteiger partial charge on any atom is 0.418 e. The molecule has 0 aliphatic heterocycles. The van der Waals surface area contributed by atoms with Gasteiger partial charge in [-0.3, -0.25) is 4.72 Å². The molecule has 0 spiro atoms. The Hall–Kier alpha value is -2.54. The van der Waals surface area contributed by atoms with Crippen LogP contribution in [0.25, 0.3) is 0 Å². The Balaban J connectivity index is 2.48. The number of nitriles is 1. The summed E-state index contributed by atoms with van der Waals surface area (Å²) in [6, 6.07) is 4.11. The zero-order valence-electron chi connectivity index (χ0n) is 10.1. The largest absolute Gasteiger partial charge is 0.418 e. The lowest BCUT2D eigenvalue weighted by atomic mass is 10.1. The Labute approximate surface area is 117 Å². The van der Waals surface area contributed by atoms with Crippen molar-refractivity contribution >= 4 is 15.7 Å². The first-order valence-electron chi connectivity index (χ1n) is 5.36. The van der Waals surface area contributed by atoms with Gasteiger partial charge in [-0.15, -0.1) is 0 Å². The van der Waals surface area contributed by atoms with Crippen molar-refractivity contribution in [3.8, 4) is 6.07 Å². The van der Waals surface area contributed by atoms with Gasteiger partial charge in [-0.05, 0) is 18.2 Å². The third-order valence-electron chi connectivity index (χ3n) is 2.46. The summed E-state index contributed by atoms with van der Waals surface area (Å²) in [7, 11) is -4.22. The van der Waals surface area contributed by atoms with Crippen molar-refractivity contribution in [1.29, 1.82) is 5.26 Å². The van der Waals surface area contributed by atoms with Crippen LogP contribution in [-0.2, 0) is 16.2 Å². The monoisotopic (exact) mass is 316 g/mol. The second-order valence-electron chi connectivity index (χ2n) is 3.89. The van der Waals surface area contributed by atoms with E-state index in [1.807, 2.05) is 4.72 Å². The smallest absolute Gasteiger partial charge is 0.334 e. The number of hydrogen-bond donors (Lipinski definition) is 2. The molecule has 0 unspecified atom stereocenters. The number of aromatic amines is 1. The van der Waals surface area contributed by atoms with E-state index in [9.17, 15) is 21.6 Å². The lowest BCUT2D eigenvalue weighted by Gasteiger charge is -2.14. The highest BCUT2D eigenvalue weighted by molar-refractivity contribution is 7.92. The van der Waals surface area contributed by atoms with E-state index in [1.165, 1.54) is 0 Å². The fourth-order valence-electron chi connectivity index (χ4n) is 1.53. The number of benzene rings is 1. The molecule has 0 fully saturated rings. The number of imidazole rings is 1.